The van der Waals surface area contributed by atoms with Gasteiger partial charge in [-0.05, 0) is 79.6 Å². The van der Waals surface area contributed by atoms with Crippen molar-refractivity contribution in [1.82, 2.24) is 14.5 Å². The van der Waals surface area contributed by atoms with Crippen molar-refractivity contribution >= 4 is 23.3 Å². The third-order valence-electron chi connectivity index (χ3n) is 6.34. The molecule has 164 valence electrons. The molecule has 5 rings (SSSR count). The number of aryl methyl sites for hydroxylation is 2. The van der Waals surface area contributed by atoms with Crippen LogP contribution in [0, 0.1) is 0 Å². The zero-order valence-electron chi connectivity index (χ0n) is 18.2. The first-order valence-corrected chi connectivity index (χ1v) is 11.6. The van der Waals surface area contributed by atoms with Gasteiger partial charge in [-0.25, -0.2) is 4.79 Å². The Kier molecular flexibility index (Phi) is 5.75. The molecule has 1 aromatic carbocycles. The number of benzene rings is 1. The molecule has 3 heterocycles. The van der Waals surface area contributed by atoms with Crippen LogP contribution >= 0.6 is 11.6 Å². The molecule has 2 aromatic heterocycles. The Morgan fingerprint density at radius 1 is 1.06 bits per heavy atom. The molecule has 2 aliphatic rings. The van der Waals surface area contributed by atoms with Gasteiger partial charge in [-0.1, -0.05) is 23.2 Å². The van der Waals surface area contributed by atoms with Gasteiger partial charge in [-0.15, -0.1) is 0 Å². The van der Waals surface area contributed by atoms with Gasteiger partial charge in [-0.2, -0.15) is 0 Å². The number of pyridine rings is 1. The fourth-order valence-electron chi connectivity index (χ4n) is 4.75. The van der Waals surface area contributed by atoms with Gasteiger partial charge < -0.3 is 14.2 Å². The summed E-state index contributed by atoms with van der Waals surface area (Å²) in [6.45, 7) is 3.57. The second-order valence-corrected chi connectivity index (χ2v) is 8.69. The number of nitrogens with zero attached hydrogens (tertiary/aromatic N) is 3. The minimum absolute atomic E-state index is 0.223. The number of ether oxygens (including phenoxy) is 1. The van der Waals surface area contributed by atoms with E-state index in [2.05, 4.69) is 22.8 Å². The summed E-state index contributed by atoms with van der Waals surface area (Å²) < 4.78 is 7.29. The van der Waals surface area contributed by atoms with Crippen molar-refractivity contribution in [3.05, 3.63) is 88.0 Å². The number of aromatic nitrogens is 2. The fourth-order valence-corrected chi connectivity index (χ4v) is 4.95. The number of fused-ring (bicyclic) bond motifs is 2. The maximum absolute atomic E-state index is 12.2. The molecular weight excluding hydrogens is 422 g/mol. The minimum Gasteiger partial charge on any atom is -0.450 e. The third kappa shape index (κ3) is 3.93. The van der Waals surface area contributed by atoms with E-state index in [1.807, 2.05) is 43.7 Å². The van der Waals surface area contributed by atoms with Gasteiger partial charge in [0.1, 0.15) is 0 Å². The number of piperidine rings is 1. The molecule has 0 saturated carbocycles. The van der Waals surface area contributed by atoms with Crippen LogP contribution in [0.4, 0.5) is 4.79 Å². The largest absolute Gasteiger partial charge is 0.450 e. The average molecular weight is 448 g/mol. The molecule has 1 aliphatic carbocycles. The Bertz CT molecular complexity index is 1170. The molecule has 0 radical (unpaired) electrons. The maximum atomic E-state index is 12.2. The summed E-state index contributed by atoms with van der Waals surface area (Å²) in [5, 5.41) is 0.761. The monoisotopic (exact) mass is 447 g/mol. The fraction of sp³-hybridized carbons (Fsp3) is 0.308. The van der Waals surface area contributed by atoms with Crippen LogP contribution in [0.2, 0.25) is 5.02 Å². The highest BCUT2D eigenvalue weighted by Gasteiger charge is 2.27. The standard InChI is InChI=1S/C26H26ClN3O2/c1-2-32-26(31)30-13-9-18(10-14-30)24-23-8-7-21(27)15-19(23)5-6-20-16-22(17-28-25(20)24)29-11-3-4-12-29/h3-4,7-8,11-12,15-17H,2,5-6,9-10,13-14H2,1H3. The SMILES string of the molecule is CCOC(=O)N1CCC(=C2c3ccc(Cl)cc3CCc3cc(-n4cccc4)cnc32)CC1. The van der Waals surface area contributed by atoms with Crippen molar-refractivity contribution in [2.45, 2.75) is 32.6 Å². The number of carbonyl (C=O) groups excluding carboxylic acids is 1. The number of likely N-dealkylation sites (tertiary alicyclic amines) is 1. The lowest BCUT2D eigenvalue weighted by atomic mass is 9.88. The summed E-state index contributed by atoms with van der Waals surface area (Å²) in [5.41, 5.74) is 8.41. The van der Waals surface area contributed by atoms with Gasteiger partial charge in [-0.3, -0.25) is 4.98 Å². The van der Waals surface area contributed by atoms with Gasteiger partial charge in [0.05, 0.1) is 24.2 Å². The quantitative estimate of drug-likeness (QED) is 0.507. The number of amides is 1. The summed E-state index contributed by atoms with van der Waals surface area (Å²) >= 11 is 6.36. The Labute approximate surface area is 193 Å². The molecular formula is C26H26ClN3O2. The van der Waals surface area contributed by atoms with E-state index < -0.39 is 0 Å². The molecule has 3 aromatic rings. The number of rotatable bonds is 2. The first-order valence-electron chi connectivity index (χ1n) is 11.2. The Balaban J connectivity index is 1.58. The maximum Gasteiger partial charge on any atom is 0.409 e. The van der Waals surface area contributed by atoms with Crippen molar-refractivity contribution in [1.29, 1.82) is 0 Å². The molecule has 0 bridgehead atoms. The van der Waals surface area contributed by atoms with E-state index in [0.29, 0.717) is 19.7 Å². The zero-order chi connectivity index (χ0) is 22.1. The lowest BCUT2D eigenvalue weighted by Gasteiger charge is -2.29. The second-order valence-electron chi connectivity index (χ2n) is 8.26. The van der Waals surface area contributed by atoms with Crippen LogP contribution < -0.4 is 0 Å². The topological polar surface area (TPSA) is 47.4 Å². The van der Waals surface area contributed by atoms with E-state index in [1.54, 1.807) is 4.90 Å². The first kappa shape index (κ1) is 20.8. The van der Waals surface area contributed by atoms with Crippen molar-refractivity contribution < 1.29 is 9.53 Å². The number of hydrogen-bond acceptors (Lipinski definition) is 3. The van der Waals surface area contributed by atoms with Crippen LogP contribution in [0.3, 0.4) is 0 Å². The van der Waals surface area contributed by atoms with Gasteiger partial charge in [0.25, 0.3) is 0 Å². The number of halogens is 1. The predicted molar refractivity (Wildman–Crippen MR) is 126 cm³/mol. The highest BCUT2D eigenvalue weighted by Crippen LogP contribution is 2.39. The van der Waals surface area contributed by atoms with Crippen LogP contribution in [-0.2, 0) is 17.6 Å². The molecule has 0 atom stereocenters. The predicted octanol–water partition coefficient (Wildman–Crippen LogP) is 5.68. The zero-order valence-corrected chi connectivity index (χ0v) is 18.9. The number of hydrogen-bond donors (Lipinski definition) is 0. The third-order valence-corrected chi connectivity index (χ3v) is 6.57. The molecule has 32 heavy (non-hydrogen) atoms. The van der Waals surface area contributed by atoms with Crippen LogP contribution in [0.15, 0.2) is 60.6 Å². The van der Waals surface area contributed by atoms with Crippen LogP contribution in [-0.4, -0.2) is 40.2 Å². The van der Waals surface area contributed by atoms with Crippen LogP contribution in [0.5, 0.6) is 0 Å². The normalized spacial score (nSPS) is 15.8. The number of carbonyl (C=O) groups is 1. The molecule has 1 fully saturated rings. The summed E-state index contributed by atoms with van der Waals surface area (Å²) in [7, 11) is 0. The van der Waals surface area contributed by atoms with Gasteiger partial charge in [0, 0.05) is 36.1 Å². The lowest BCUT2D eigenvalue weighted by Crippen LogP contribution is -2.37. The highest BCUT2D eigenvalue weighted by molar-refractivity contribution is 6.30. The van der Waals surface area contributed by atoms with Gasteiger partial charge >= 0.3 is 6.09 Å². The van der Waals surface area contributed by atoms with Crippen LogP contribution in [0.25, 0.3) is 11.3 Å². The Morgan fingerprint density at radius 2 is 1.81 bits per heavy atom. The van der Waals surface area contributed by atoms with E-state index in [1.165, 1.54) is 27.8 Å². The smallest absolute Gasteiger partial charge is 0.409 e. The van der Waals surface area contributed by atoms with Crippen LogP contribution in [0.1, 0.15) is 42.1 Å². The molecule has 1 saturated heterocycles. The van der Waals surface area contributed by atoms with Gasteiger partial charge in [0.2, 0.25) is 0 Å². The summed E-state index contributed by atoms with van der Waals surface area (Å²) in [4.78, 5) is 19.0. The van der Waals surface area contributed by atoms with E-state index in [4.69, 9.17) is 21.3 Å². The average Bonchev–Trinajstić information content (AvgIpc) is 3.30. The summed E-state index contributed by atoms with van der Waals surface area (Å²) in [6.07, 6.45) is 9.28. The van der Waals surface area contributed by atoms with Crippen molar-refractivity contribution in [3.8, 4) is 5.69 Å². The van der Waals surface area contributed by atoms with E-state index in [9.17, 15) is 4.79 Å². The second kappa shape index (κ2) is 8.83. The molecule has 0 spiro atoms. The van der Waals surface area contributed by atoms with Crippen molar-refractivity contribution in [2.24, 2.45) is 0 Å². The minimum atomic E-state index is -0.223. The molecule has 0 unspecified atom stereocenters. The summed E-state index contributed by atoms with van der Waals surface area (Å²) in [6, 6.07) is 12.5. The molecule has 1 aliphatic heterocycles. The first-order chi connectivity index (χ1) is 15.6. The molecule has 5 nitrogen and oxygen atoms in total. The van der Waals surface area contributed by atoms with E-state index >= 15 is 0 Å². The Hall–Kier alpha value is -3.05. The molecule has 1 amide bonds. The van der Waals surface area contributed by atoms with Gasteiger partial charge in [0.15, 0.2) is 0 Å². The summed E-state index contributed by atoms with van der Waals surface area (Å²) in [5.74, 6) is 0. The van der Waals surface area contributed by atoms with Crippen molar-refractivity contribution in [3.63, 3.8) is 0 Å². The Morgan fingerprint density at radius 3 is 2.56 bits per heavy atom. The highest BCUT2D eigenvalue weighted by atomic mass is 35.5. The van der Waals surface area contributed by atoms with Crippen molar-refractivity contribution in [2.75, 3.05) is 19.7 Å². The van der Waals surface area contributed by atoms with E-state index in [0.717, 1.165) is 42.1 Å². The lowest BCUT2D eigenvalue weighted by molar-refractivity contribution is 0.104. The molecule has 6 heteroatoms. The van der Waals surface area contributed by atoms with E-state index in [-0.39, 0.29) is 6.09 Å². The molecule has 0 N–H and O–H groups in total.